The highest BCUT2D eigenvalue weighted by molar-refractivity contribution is 7.13. The van der Waals surface area contributed by atoms with Gasteiger partial charge in [0.25, 0.3) is 5.91 Å². The number of phenols is 1. The first-order chi connectivity index (χ1) is 15.4. The Kier molecular flexibility index (Phi) is 8.92. The van der Waals surface area contributed by atoms with Gasteiger partial charge in [-0.15, -0.1) is 23.7 Å². The largest absolute Gasteiger partial charge is 0.507 e. The number of halogens is 1. The number of hydrogen-bond donors (Lipinski definition) is 3. The Morgan fingerprint density at radius 3 is 2.09 bits per heavy atom. The van der Waals surface area contributed by atoms with Gasteiger partial charge in [0.1, 0.15) is 10.8 Å². The van der Waals surface area contributed by atoms with Crippen molar-refractivity contribution in [1.82, 2.24) is 5.32 Å². The third-order valence-electron chi connectivity index (χ3n) is 5.32. The number of rotatable bonds is 6. The first kappa shape index (κ1) is 27.4. The molecule has 0 spiro atoms. The molecule has 5 nitrogen and oxygen atoms in total. The standard InChI is InChI=1S/C27H33N3O2S.ClH/c1-26(2,3)21-14-19(15-22(24(21)31)27(4,5)6)25(32)28-16-18-9-11-20(12-10-18)29-17-30-23-8-7-13-33-23;/h7-15,17,31H,16H2,1-6H3,(H,28,32)(H,29,30);1H. The van der Waals surface area contributed by atoms with Gasteiger partial charge in [0.2, 0.25) is 0 Å². The number of hydrogen-bond acceptors (Lipinski definition) is 4. The van der Waals surface area contributed by atoms with Crippen LogP contribution in [0.3, 0.4) is 0 Å². The first-order valence-electron chi connectivity index (χ1n) is 11.0. The second-order valence-electron chi connectivity index (χ2n) is 10.2. The van der Waals surface area contributed by atoms with Crippen LogP contribution in [-0.2, 0) is 17.4 Å². The summed E-state index contributed by atoms with van der Waals surface area (Å²) in [7, 11) is 0. The van der Waals surface area contributed by atoms with Gasteiger partial charge in [0.05, 0.1) is 6.34 Å². The minimum Gasteiger partial charge on any atom is -0.507 e. The molecular formula is C27H34ClN3O2S. The molecule has 182 valence electrons. The van der Waals surface area contributed by atoms with E-state index in [0.29, 0.717) is 12.1 Å². The van der Waals surface area contributed by atoms with E-state index in [2.05, 4.69) is 15.6 Å². The summed E-state index contributed by atoms with van der Waals surface area (Å²) in [5.74, 6) is 0.119. The normalized spacial score (nSPS) is 11.8. The van der Waals surface area contributed by atoms with Gasteiger partial charge in [0, 0.05) is 28.9 Å². The average Bonchev–Trinajstić information content (AvgIpc) is 3.25. The molecule has 3 N–H and O–H groups in total. The van der Waals surface area contributed by atoms with Crippen molar-refractivity contribution in [3.8, 4) is 5.75 Å². The number of thiophene rings is 1. The molecule has 3 rings (SSSR count). The Morgan fingerprint density at radius 1 is 1.00 bits per heavy atom. The van der Waals surface area contributed by atoms with Crippen molar-refractivity contribution in [1.29, 1.82) is 0 Å². The number of aliphatic imine (C=N–C) groups is 1. The lowest BCUT2D eigenvalue weighted by atomic mass is 9.78. The van der Waals surface area contributed by atoms with Crippen LogP contribution in [0.5, 0.6) is 5.75 Å². The fraction of sp³-hybridized carbons (Fsp3) is 0.333. The van der Waals surface area contributed by atoms with E-state index in [0.717, 1.165) is 27.4 Å². The number of carbonyl (C=O) groups excluding carboxylic acids is 1. The van der Waals surface area contributed by atoms with Crippen LogP contribution >= 0.6 is 23.7 Å². The van der Waals surface area contributed by atoms with Gasteiger partial charge in [0.15, 0.2) is 0 Å². The summed E-state index contributed by atoms with van der Waals surface area (Å²) >= 11 is 1.58. The van der Waals surface area contributed by atoms with Crippen LogP contribution in [0.25, 0.3) is 0 Å². The predicted octanol–water partition coefficient (Wildman–Crippen LogP) is 7.17. The van der Waals surface area contributed by atoms with Gasteiger partial charge in [-0.2, -0.15) is 0 Å². The number of anilines is 1. The van der Waals surface area contributed by atoms with Crippen LogP contribution in [0.15, 0.2) is 58.9 Å². The lowest BCUT2D eigenvalue weighted by molar-refractivity contribution is 0.0950. The van der Waals surface area contributed by atoms with Crippen molar-refractivity contribution in [2.45, 2.75) is 58.9 Å². The molecule has 0 atom stereocenters. The summed E-state index contributed by atoms with van der Waals surface area (Å²) in [5.41, 5.74) is 3.47. The highest BCUT2D eigenvalue weighted by Crippen LogP contribution is 2.39. The van der Waals surface area contributed by atoms with Gasteiger partial charge >= 0.3 is 0 Å². The number of carbonyl (C=O) groups is 1. The van der Waals surface area contributed by atoms with Crippen molar-refractivity contribution in [3.05, 3.63) is 76.2 Å². The average molecular weight is 500 g/mol. The zero-order chi connectivity index (χ0) is 24.2. The summed E-state index contributed by atoms with van der Waals surface area (Å²) in [4.78, 5) is 17.3. The van der Waals surface area contributed by atoms with E-state index < -0.39 is 0 Å². The summed E-state index contributed by atoms with van der Waals surface area (Å²) in [6.45, 7) is 12.6. The fourth-order valence-electron chi connectivity index (χ4n) is 3.43. The van der Waals surface area contributed by atoms with Crippen molar-refractivity contribution >= 4 is 46.7 Å². The molecule has 0 aliphatic heterocycles. The van der Waals surface area contributed by atoms with E-state index >= 15 is 0 Å². The van der Waals surface area contributed by atoms with E-state index in [1.165, 1.54) is 0 Å². The zero-order valence-electron chi connectivity index (χ0n) is 20.6. The van der Waals surface area contributed by atoms with Crippen molar-refractivity contribution < 1.29 is 9.90 Å². The number of benzene rings is 2. The molecule has 0 radical (unpaired) electrons. The number of amides is 1. The topological polar surface area (TPSA) is 73.7 Å². The number of phenolic OH excluding ortho intramolecular Hbond substituents is 1. The van der Waals surface area contributed by atoms with Crippen LogP contribution in [-0.4, -0.2) is 17.4 Å². The van der Waals surface area contributed by atoms with Gasteiger partial charge in [-0.05, 0) is 58.2 Å². The second-order valence-corrected chi connectivity index (χ2v) is 11.1. The zero-order valence-corrected chi connectivity index (χ0v) is 22.2. The molecule has 0 bridgehead atoms. The van der Waals surface area contributed by atoms with Crippen molar-refractivity contribution in [2.24, 2.45) is 4.99 Å². The lowest BCUT2D eigenvalue weighted by Crippen LogP contribution is -2.25. The highest BCUT2D eigenvalue weighted by Gasteiger charge is 2.27. The fourth-order valence-corrected chi connectivity index (χ4v) is 3.99. The third kappa shape index (κ3) is 7.08. The Balaban J connectivity index is 0.00000408. The van der Waals surface area contributed by atoms with E-state index in [9.17, 15) is 9.90 Å². The van der Waals surface area contributed by atoms with E-state index in [1.54, 1.807) is 29.8 Å². The van der Waals surface area contributed by atoms with Crippen molar-refractivity contribution in [3.63, 3.8) is 0 Å². The maximum atomic E-state index is 13.0. The number of nitrogens with one attached hydrogen (secondary N) is 2. The first-order valence-corrected chi connectivity index (χ1v) is 11.9. The number of aromatic hydroxyl groups is 1. The molecule has 1 heterocycles. The molecule has 0 saturated heterocycles. The van der Waals surface area contributed by atoms with Gasteiger partial charge in [-0.1, -0.05) is 53.7 Å². The Bertz CT molecular complexity index is 1090. The summed E-state index contributed by atoms with van der Waals surface area (Å²) in [6, 6.07) is 15.4. The molecule has 34 heavy (non-hydrogen) atoms. The van der Waals surface area contributed by atoms with Crippen LogP contribution in [0.4, 0.5) is 10.7 Å². The molecule has 0 fully saturated rings. The molecule has 0 aliphatic carbocycles. The van der Waals surface area contributed by atoms with Crippen LogP contribution in [0.1, 0.15) is 68.6 Å². The molecular weight excluding hydrogens is 466 g/mol. The van der Waals surface area contributed by atoms with Crippen molar-refractivity contribution in [2.75, 3.05) is 5.32 Å². The molecule has 1 amide bonds. The Hall–Kier alpha value is -2.83. The van der Waals surface area contributed by atoms with E-state index in [4.69, 9.17) is 0 Å². The molecule has 7 heteroatoms. The predicted molar refractivity (Wildman–Crippen MR) is 146 cm³/mol. The maximum absolute atomic E-state index is 13.0. The minimum atomic E-state index is -0.282. The molecule has 3 aromatic rings. The van der Waals surface area contributed by atoms with E-state index in [1.807, 2.05) is 83.3 Å². The third-order valence-corrected chi connectivity index (χ3v) is 6.10. The molecule has 0 saturated carbocycles. The number of nitrogens with zero attached hydrogens (tertiary/aromatic N) is 1. The SMILES string of the molecule is CC(C)(C)c1cc(C(=O)NCc2ccc(N/C=N/c3cccs3)cc2)cc(C(C)(C)C)c1O.Cl. The van der Waals surface area contributed by atoms with Crippen LogP contribution in [0.2, 0.25) is 0 Å². The minimum absolute atomic E-state index is 0. The summed E-state index contributed by atoms with van der Waals surface area (Å²) < 4.78 is 0. The van der Waals surface area contributed by atoms with Crippen LogP contribution in [0, 0.1) is 0 Å². The van der Waals surface area contributed by atoms with Gasteiger partial charge in [-0.25, -0.2) is 4.99 Å². The summed E-state index contributed by atoms with van der Waals surface area (Å²) in [6.07, 6.45) is 1.67. The Morgan fingerprint density at radius 2 is 1.59 bits per heavy atom. The highest BCUT2D eigenvalue weighted by atomic mass is 35.5. The monoisotopic (exact) mass is 499 g/mol. The summed E-state index contributed by atoms with van der Waals surface area (Å²) in [5, 5.41) is 20.0. The maximum Gasteiger partial charge on any atom is 0.251 e. The van der Waals surface area contributed by atoms with Crippen LogP contribution < -0.4 is 10.6 Å². The van der Waals surface area contributed by atoms with Gasteiger partial charge < -0.3 is 15.7 Å². The quantitative estimate of drug-likeness (QED) is 0.248. The molecule has 0 unspecified atom stereocenters. The molecule has 1 aromatic heterocycles. The smallest absolute Gasteiger partial charge is 0.251 e. The lowest BCUT2D eigenvalue weighted by Gasteiger charge is -2.28. The Labute approximate surface area is 212 Å². The second kappa shape index (κ2) is 11.1. The molecule has 0 aliphatic rings. The molecule has 2 aromatic carbocycles. The van der Waals surface area contributed by atoms with Gasteiger partial charge in [-0.3, -0.25) is 4.79 Å². The van der Waals surface area contributed by atoms with E-state index in [-0.39, 0.29) is 34.9 Å².